The van der Waals surface area contributed by atoms with E-state index in [9.17, 15) is 0 Å². The SMILES string of the molecule is Cc1nnc(C)c2c(C)n(-c3ccc(Br)c4cccnc34)c(C)c12. The van der Waals surface area contributed by atoms with Gasteiger partial charge in [0.2, 0.25) is 0 Å². The maximum atomic E-state index is 4.63. The molecule has 3 heterocycles. The highest BCUT2D eigenvalue weighted by Gasteiger charge is 2.19. The number of pyridine rings is 1. The Hall–Kier alpha value is -2.27. The summed E-state index contributed by atoms with van der Waals surface area (Å²) in [7, 11) is 0. The maximum absolute atomic E-state index is 4.63. The average Bonchev–Trinajstić information content (AvgIpc) is 2.84. The van der Waals surface area contributed by atoms with Gasteiger partial charge in [-0.25, -0.2) is 0 Å². The summed E-state index contributed by atoms with van der Waals surface area (Å²) >= 11 is 3.63. The van der Waals surface area contributed by atoms with E-state index in [1.165, 1.54) is 22.2 Å². The first kappa shape index (κ1) is 15.3. The molecule has 4 aromatic rings. The van der Waals surface area contributed by atoms with Crippen LogP contribution in [0.25, 0.3) is 27.4 Å². The minimum atomic E-state index is 0.962. The molecule has 0 saturated carbocycles. The zero-order valence-electron chi connectivity index (χ0n) is 14.1. The van der Waals surface area contributed by atoms with E-state index in [1.54, 1.807) is 0 Å². The topological polar surface area (TPSA) is 43.6 Å². The lowest BCUT2D eigenvalue weighted by molar-refractivity contribution is 0.964. The van der Waals surface area contributed by atoms with Crippen molar-refractivity contribution in [3.63, 3.8) is 0 Å². The van der Waals surface area contributed by atoms with Crippen LogP contribution in [0.2, 0.25) is 0 Å². The van der Waals surface area contributed by atoms with Crippen molar-refractivity contribution in [1.82, 2.24) is 19.7 Å². The van der Waals surface area contributed by atoms with Gasteiger partial charge in [0.1, 0.15) is 0 Å². The Morgan fingerprint density at radius 1 is 0.875 bits per heavy atom. The molecule has 0 spiro atoms. The first-order valence-corrected chi connectivity index (χ1v) is 8.65. The summed E-state index contributed by atoms with van der Waals surface area (Å²) in [6.45, 7) is 8.31. The van der Waals surface area contributed by atoms with E-state index in [-0.39, 0.29) is 0 Å². The Morgan fingerprint density at radius 3 is 2.12 bits per heavy atom. The molecule has 0 radical (unpaired) electrons. The second-order valence-corrected chi connectivity index (χ2v) is 6.95. The lowest BCUT2D eigenvalue weighted by atomic mass is 10.1. The number of fused-ring (bicyclic) bond motifs is 2. The van der Waals surface area contributed by atoms with Crippen LogP contribution < -0.4 is 0 Å². The van der Waals surface area contributed by atoms with E-state index < -0.39 is 0 Å². The highest BCUT2D eigenvalue weighted by Crippen LogP contribution is 2.35. The van der Waals surface area contributed by atoms with Crippen molar-refractivity contribution in [3.8, 4) is 5.69 Å². The highest BCUT2D eigenvalue weighted by atomic mass is 79.9. The molecule has 0 fully saturated rings. The fraction of sp³-hybridized carbons (Fsp3) is 0.211. The lowest BCUT2D eigenvalue weighted by Crippen LogP contribution is -2.01. The number of halogens is 1. The molecule has 0 N–H and O–H groups in total. The van der Waals surface area contributed by atoms with Gasteiger partial charge in [0.25, 0.3) is 0 Å². The van der Waals surface area contributed by atoms with Crippen molar-refractivity contribution < 1.29 is 0 Å². The Balaban J connectivity index is 2.18. The van der Waals surface area contributed by atoms with E-state index in [2.05, 4.69) is 67.7 Å². The van der Waals surface area contributed by atoms with Crippen LogP contribution in [0.3, 0.4) is 0 Å². The van der Waals surface area contributed by atoms with Gasteiger partial charge in [0, 0.05) is 38.2 Å². The van der Waals surface area contributed by atoms with Crippen molar-refractivity contribution in [1.29, 1.82) is 0 Å². The van der Waals surface area contributed by atoms with Crippen LogP contribution in [0.1, 0.15) is 22.8 Å². The van der Waals surface area contributed by atoms with Gasteiger partial charge in [-0.1, -0.05) is 22.0 Å². The first-order valence-electron chi connectivity index (χ1n) is 7.85. The van der Waals surface area contributed by atoms with E-state index in [1.807, 2.05) is 26.1 Å². The third-order valence-corrected chi connectivity index (χ3v) is 5.35. The van der Waals surface area contributed by atoms with Crippen LogP contribution >= 0.6 is 15.9 Å². The monoisotopic (exact) mass is 380 g/mol. The summed E-state index contributed by atoms with van der Waals surface area (Å²) in [5.41, 5.74) is 6.33. The van der Waals surface area contributed by atoms with Crippen molar-refractivity contribution in [2.45, 2.75) is 27.7 Å². The van der Waals surface area contributed by atoms with Gasteiger partial charge in [-0.3, -0.25) is 4.98 Å². The van der Waals surface area contributed by atoms with Gasteiger partial charge in [0.15, 0.2) is 0 Å². The molecule has 5 heteroatoms. The summed E-state index contributed by atoms with van der Waals surface area (Å²) in [4.78, 5) is 4.63. The van der Waals surface area contributed by atoms with Crippen LogP contribution in [-0.4, -0.2) is 19.7 Å². The van der Waals surface area contributed by atoms with Crippen LogP contribution in [0.4, 0.5) is 0 Å². The number of nitrogens with zero attached hydrogens (tertiary/aromatic N) is 4. The largest absolute Gasteiger partial charge is 0.315 e. The minimum absolute atomic E-state index is 0.962. The van der Waals surface area contributed by atoms with E-state index >= 15 is 0 Å². The molecule has 0 aliphatic heterocycles. The van der Waals surface area contributed by atoms with E-state index in [0.717, 1.165) is 32.5 Å². The van der Waals surface area contributed by atoms with E-state index in [0.29, 0.717) is 0 Å². The summed E-state index contributed by atoms with van der Waals surface area (Å²) in [6.07, 6.45) is 1.84. The number of aromatic nitrogens is 4. The van der Waals surface area contributed by atoms with Crippen LogP contribution in [-0.2, 0) is 0 Å². The molecule has 4 nitrogen and oxygen atoms in total. The standard InChI is InChI=1S/C19H17BrN4/c1-10-17-12(3)24(13(4)18(17)11(2)23-22-10)16-8-7-15(20)14-6-5-9-21-19(14)16/h5-9H,1-4H3. The second kappa shape index (κ2) is 5.38. The predicted octanol–water partition coefficient (Wildman–Crippen LogP) is 4.96. The van der Waals surface area contributed by atoms with E-state index in [4.69, 9.17) is 0 Å². The van der Waals surface area contributed by atoms with Gasteiger partial charge < -0.3 is 4.57 Å². The van der Waals surface area contributed by atoms with Crippen molar-refractivity contribution >= 4 is 37.6 Å². The Bertz CT molecular complexity index is 1070. The van der Waals surface area contributed by atoms with Gasteiger partial charge >= 0.3 is 0 Å². The molecule has 0 aliphatic rings. The number of hydrogen-bond donors (Lipinski definition) is 0. The molecule has 4 rings (SSSR count). The highest BCUT2D eigenvalue weighted by molar-refractivity contribution is 9.10. The van der Waals surface area contributed by atoms with Crippen molar-refractivity contribution in [3.05, 3.63) is 57.7 Å². The van der Waals surface area contributed by atoms with Crippen LogP contribution in [0, 0.1) is 27.7 Å². The zero-order valence-corrected chi connectivity index (χ0v) is 15.6. The van der Waals surface area contributed by atoms with Gasteiger partial charge in [-0.05, 0) is 45.9 Å². The zero-order chi connectivity index (χ0) is 17.0. The third-order valence-electron chi connectivity index (χ3n) is 4.65. The molecule has 0 amide bonds. The molecule has 3 aromatic heterocycles. The smallest absolute Gasteiger partial charge is 0.0953 e. The van der Waals surface area contributed by atoms with Crippen LogP contribution in [0.15, 0.2) is 34.9 Å². The van der Waals surface area contributed by atoms with Crippen LogP contribution in [0.5, 0.6) is 0 Å². The molecule has 120 valence electrons. The molecular formula is C19H17BrN4. The first-order chi connectivity index (χ1) is 11.5. The summed E-state index contributed by atoms with van der Waals surface area (Å²) in [5.74, 6) is 0. The number of benzene rings is 1. The maximum Gasteiger partial charge on any atom is 0.0953 e. The molecular weight excluding hydrogens is 364 g/mol. The van der Waals surface area contributed by atoms with Gasteiger partial charge in [0.05, 0.1) is 22.6 Å². The third kappa shape index (κ3) is 2.01. The molecule has 1 aromatic carbocycles. The Kier molecular flexibility index (Phi) is 3.42. The molecule has 0 aliphatic carbocycles. The molecule has 0 saturated heterocycles. The average molecular weight is 381 g/mol. The van der Waals surface area contributed by atoms with Crippen molar-refractivity contribution in [2.75, 3.05) is 0 Å². The predicted molar refractivity (Wildman–Crippen MR) is 101 cm³/mol. The normalized spacial score (nSPS) is 11.5. The molecule has 0 bridgehead atoms. The second-order valence-electron chi connectivity index (χ2n) is 6.09. The Labute approximate surface area is 148 Å². The summed E-state index contributed by atoms with van der Waals surface area (Å²) in [6, 6.07) is 8.25. The lowest BCUT2D eigenvalue weighted by Gasteiger charge is -2.13. The summed E-state index contributed by atoms with van der Waals surface area (Å²) in [5, 5.41) is 12.1. The van der Waals surface area contributed by atoms with Gasteiger partial charge in [-0.2, -0.15) is 10.2 Å². The summed E-state index contributed by atoms with van der Waals surface area (Å²) < 4.78 is 3.33. The molecule has 0 atom stereocenters. The fourth-order valence-corrected chi connectivity index (χ4v) is 4.09. The van der Waals surface area contributed by atoms with Gasteiger partial charge in [-0.15, -0.1) is 0 Å². The fourth-order valence-electron chi connectivity index (χ4n) is 3.64. The molecule has 24 heavy (non-hydrogen) atoms. The minimum Gasteiger partial charge on any atom is -0.315 e. The number of hydrogen-bond acceptors (Lipinski definition) is 3. The number of rotatable bonds is 1. The quantitative estimate of drug-likeness (QED) is 0.468. The Morgan fingerprint density at radius 2 is 1.50 bits per heavy atom. The van der Waals surface area contributed by atoms with Crippen molar-refractivity contribution in [2.24, 2.45) is 0 Å². The molecule has 0 unspecified atom stereocenters. The number of aryl methyl sites for hydroxylation is 4.